The zero-order valence-electron chi connectivity index (χ0n) is 6.71. The lowest BCUT2D eigenvalue weighted by Crippen LogP contribution is -2.17. The Morgan fingerprint density at radius 3 is 1.60 bits per heavy atom. The first-order valence-corrected chi connectivity index (χ1v) is 10.9. The quantitative estimate of drug-likeness (QED) is 0.610. The zero-order valence-corrected chi connectivity index (χ0v) is 9.50. The topological polar surface area (TPSA) is 30.5 Å². The van der Waals surface area contributed by atoms with Crippen LogP contribution < -0.4 is 5.64 Å². The third kappa shape index (κ3) is 2.66. The largest absolute Gasteiger partial charge is 0.260 e. The summed E-state index contributed by atoms with van der Waals surface area (Å²) in [5.74, 6) is 0. The number of hydrogen-bond acceptors (Lipinski definition) is 3. The molecule has 0 spiro atoms. The van der Waals surface area contributed by atoms with Gasteiger partial charge in [-0.1, -0.05) is 0 Å². The van der Waals surface area contributed by atoms with Crippen LogP contribution in [0.1, 0.15) is 0 Å². The Balaban J connectivity index is 2.56. The van der Waals surface area contributed by atoms with Crippen molar-refractivity contribution >= 4 is 22.3 Å². The van der Waals surface area contributed by atoms with Crippen LogP contribution in [0, 0.1) is 0 Å². The second kappa shape index (κ2) is 2.90. The summed E-state index contributed by atoms with van der Waals surface area (Å²) in [6.07, 6.45) is 0. The summed E-state index contributed by atoms with van der Waals surface area (Å²) in [5.41, 5.74) is 2.57. The van der Waals surface area contributed by atoms with Gasteiger partial charge in [-0.05, 0) is 0 Å². The fraction of sp³-hybridized carbons (Fsp3) is 1.00. The van der Waals surface area contributed by atoms with Gasteiger partial charge in [-0.25, -0.2) is 0 Å². The molecule has 0 saturated carbocycles. The SMILES string of the molecule is C[P+]1(C)ONO[P+](C)(C)P1. The maximum absolute atomic E-state index is 5.28. The predicted molar refractivity (Wildman–Crippen MR) is 51.2 cm³/mol. The molecule has 1 saturated heterocycles. The molecule has 1 N–H and O–H groups in total. The molecule has 0 aliphatic carbocycles. The average molecular weight is 201 g/mol. The van der Waals surface area contributed by atoms with Gasteiger partial charge in [0.1, 0.15) is 0 Å². The molecule has 0 atom stereocenters. The monoisotopic (exact) mass is 201 g/mol. The first kappa shape index (κ1) is 9.26. The van der Waals surface area contributed by atoms with Crippen LogP contribution in [0.2, 0.25) is 0 Å². The summed E-state index contributed by atoms with van der Waals surface area (Å²) in [5, 5.41) is 0. The van der Waals surface area contributed by atoms with Gasteiger partial charge in [0, 0.05) is 5.64 Å². The maximum atomic E-state index is 5.28. The van der Waals surface area contributed by atoms with Gasteiger partial charge in [-0.15, -0.1) is 9.25 Å². The summed E-state index contributed by atoms with van der Waals surface area (Å²) in [4.78, 5) is 0. The first-order valence-electron chi connectivity index (χ1n) is 3.01. The molecule has 1 aliphatic heterocycles. The molecule has 1 aliphatic rings. The second-order valence-electron chi connectivity index (χ2n) is 3.07. The summed E-state index contributed by atoms with van der Waals surface area (Å²) in [7, 11) is -1.36. The van der Waals surface area contributed by atoms with Crippen molar-refractivity contribution in [1.29, 1.82) is 0 Å². The van der Waals surface area contributed by atoms with Crippen molar-refractivity contribution in [2.45, 2.75) is 0 Å². The van der Waals surface area contributed by atoms with Crippen molar-refractivity contribution in [3.05, 3.63) is 0 Å². The molecular formula is C4H14NO2P3+2. The minimum Gasteiger partial charge on any atom is -0.119 e. The maximum Gasteiger partial charge on any atom is 0.260 e. The molecule has 1 rings (SSSR count). The van der Waals surface area contributed by atoms with Crippen LogP contribution in [0.15, 0.2) is 0 Å². The van der Waals surface area contributed by atoms with Crippen LogP contribution in [0.25, 0.3) is 0 Å². The summed E-state index contributed by atoms with van der Waals surface area (Å²) >= 11 is 0. The third-order valence-electron chi connectivity index (χ3n) is 1.01. The molecule has 0 aromatic carbocycles. The Kier molecular flexibility index (Phi) is 2.69. The molecule has 0 radical (unpaired) electrons. The molecule has 0 aromatic rings. The van der Waals surface area contributed by atoms with E-state index in [2.05, 4.69) is 32.3 Å². The molecule has 1 fully saturated rings. The van der Waals surface area contributed by atoms with Gasteiger partial charge in [-0.2, -0.15) is 0 Å². The van der Waals surface area contributed by atoms with Gasteiger partial charge in [0.2, 0.25) is 14.4 Å². The van der Waals surface area contributed by atoms with E-state index < -0.39 is 14.4 Å². The summed E-state index contributed by atoms with van der Waals surface area (Å²) in [6, 6.07) is 0. The van der Waals surface area contributed by atoms with Gasteiger partial charge in [0.15, 0.2) is 0 Å². The Hall–Kier alpha value is 1.17. The van der Waals surface area contributed by atoms with E-state index in [4.69, 9.17) is 9.25 Å². The Morgan fingerprint density at radius 1 is 1.00 bits per heavy atom. The van der Waals surface area contributed by atoms with Crippen LogP contribution in [0.3, 0.4) is 0 Å². The molecule has 6 heteroatoms. The Morgan fingerprint density at radius 2 is 1.40 bits per heavy atom. The van der Waals surface area contributed by atoms with E-state index >= 15 is 0 Å². The normalized spacial score (nSPS) is 30.0. The fourth-order valence-corrected chi connectivity index (χ4v) is 17.7. The van der Waals surface area contributed by atoms with E-state index in [1.165, 1.54) is 0 Å². The minimum atomic E-state index is -1.12. The standard InChI is InChI=1S/C4H14NO2P3/c1-9(2)6-5-7-10(3,4)8-9/h5,8H,1-4H3/q+2. The average Bonchev–Trinajstić information content (AvgIpc) is 1.56. The number of rotatable bonds is 0. The lowest BCUT2D eigenvalue weighted by Gasteiger charge is -2.24. The lowest BCUT2D eigenvalue weighted by molar-refractivity contribution is -0.00235. The Bertz CT molecular complexity index is 124. The van der Waals surface area contributed by atoms with Gasteiger partial charge in [-0.3, -0.25) is 0 Å². The number of nitrogens with one attached hydrogen (secondary N) is 1. The lowest BCUT2D eigenvalue weighted by atomic mass is 11.9. The smallest absolute Gasteiger partial charge is 0.119 e. The molecular weight excluding hydrogens is 187 g/mol. The molecule has 0 bridgehead atoms. The van der Waals surface area contributed by atoms with Gasteiger partial charge < -0.3 is 0 Å². The summed E-state index contributed by atoms with van der Waals surface area (Å²) < 4.78 is 10.6. The van der Waals surface area contributed by atoms with Crippen LogP contribution in [0.5, 0.6) is 0 Å². The van der Waals surface area contributed by atoms with Crippen LogP contribution in [-0.4, -0.2) is 26.7 Å². The van der Waals surface area contributed by atoms with Crippen molar-refractivity contribution in [3.8, 4) is 0 Å². The molecule has 60 valence electrons. The van der Waals surface area contributed by atoms with Crippen molar-refractivity contribution in [2.75, 3.05) is 26.7 Å². The van der Waals surface area contributed by atoms with E-state index in [0.29, 0.717) is 0 Å². The van der Waals surface area contributed by atoms with Crippen LogP contribution >= 0.6 is 22.3 Å². The van der Waals surface area contributed by atoms with E-state index in [-0.39, 0.29) is 0 Å². The van der Waals surface area contributed by atoms with E-state index in [9.17, 15) is 0 Å². The molecule has 1 heterocycles. The Labute approximate surface area is 64.6 Å². The number of hydrogen-bond donors (Lipinski definition) is 1. The van der Waals surface area contributed by atoms with Gasteiger partial charge in [0.25, 0.3) is 7.96 Å². The zero-order chi connectivity index (χ0) is 7.83. The highest BCUT2D eigenvalue weighted by Crippen LogP contribution is 2.90. The molecule has 0 aromatic heterocycles. The van der Waals surface area contributed by atoms with Crippen molar-refractivity contribution < 1.29 is 9.25 Å². The highest BCUT2D eigenvalue weighted by atomic mass is 32.5. The summed E-state index contributed by atoms with van der Waals surface area (Å²) in [6.45, 7) is 8.73. The highest BCUT2D eigenvalue weighted by Gasteiger charge is 2.50. The van der Waals surface area contributed by atoms with Crippen molar-refractivity contribution in [3.63, 3.8) is 0 Å². The molecule has 0 unspecified atom stereocenters. The second-order valence-corrected chi connectivity index (χ2v) is 17.9. The first-order chi connectivity index (χ1) is 4.41. The van der Waals surface area contributed by atoms with E-state index in [0.717, 1.165) is 7.96 Å². The molecule has 3 nitrogen and oxygen atoms in total. The van der Waals surface area contributed by atoms with Crippen LogP contribution in [-0.2, 0) is 9.25 Å². The molecule has 0 amide bonds. The van der Waals surface area contributed by atoms with Crippen LogP contribution in [0.4, 0.5) is 0 Å². The van der Waals surface area contributed by atoms with Crippen molar-refractivity contribution in [1.82, 2.24) is 5.64 Å². The van der Waals surface area contributed by atoms with E-state index in [1.807, 2.05) is 0 Å². The minimum absolute atomic E-state index is 0.870. The van der Waals surface area contributed by atoms with Crippen molar-refractivity contribution in [2.24, 2.45) is 0 Å². The fourth-order valence-electron chi connectivity index (χ4n) is 0.824. The van der Waals surface area contributed by atoms with Gasteiger partial charge >= 0.3 is 0 Å². The van der Waals surface area contributed by atoms with E-state index in [1.54, 1.807) is 0 Å². The molecule has 10 heavy (non-hydrogen) atoms. The predicted octanol–water partition coefficient (Wildman–Crippen LogP) is 2.35. The van der Waals surface area contributed by atoms with Gasteiger partial charge in [0.05, 0.1) is 26.7 Å². The highest BCUT2D eigenvalue weighted by molar-refractivity contribution is 8.60. The third-order valence-corrected chi connectivity index (χ3v) is 15.1.